The van der Waals surface area contributed by atoms with E-state index in [9.17, 15) is 18.3 Å². The average molecular weight is 385 g/mol. The van der Waals surface area contributed by atoms with Crippen molar-refractivity contribution in [3.05, 3.63) is 38.6 Å². The minimum absolute atomic E-state index is 0.00866. The predicted molar refractivity (Wildman–Crippen MR) is 95.4 cm³/mol. The number of nitrogens with zero attached hydrogens (tertiary/aromatic N) is 1. The van der Waals surface area contributed by atoms with Gasteiger partial charge < -0.3 is 9.84 Å². The molecular formula is C15H15NO5S3. The molecule has 1 fully saturated rings. The third-order valence-corrected chi connectivity index (χ3v) is 7.07. The lowest BCUT2D eigenvalue weighted by molar-refractivity contribution is 0.373. The molecule has 1 atom stereocenters. The largest absolute Gasteiger partial charge is 0.504 e. The van der Waals surface area contributed by atoms with E-state index in [-0.39, 0.29) is 22.8 Å². The molecule has 0 saturated carbocycles. The molecule has 1 saturated heterocycles. The minimum atomic E-state index is -3.10. The van der Waals surface area contributed by atoms with E-state index in [4.69, 9.17) is 17.0 Å². The van der Waals surface area contributed by atoms with Crippen molar-refractivity contribution < 1.29 is 18.3 Å². The number of phenols is 1. The Bertz CT molecular complexity index is 975. The molecule has 3 rings (SSSR count). The maximum absolute atomic E-state index is 12.5. The molecule has 1 aromatic heterocycles. The molecule has 1 N–H and O–H groups in total. The van der Waals surface area contributed by atoms with Gasteiger partial charge in [0.25, 0.3) is 5.56 Å². The van der Waals surface area contributed by atoms with Crippen LogP contribution in [-0.2, 0) is 9.84 Å². The predicted octanol–water partition coefficient (Wildman–Crippen LogP) is 2.38. The van der Waals surface area contributed by atoms with Crippen LogP contribution in [0.1, 0.15) is 12.5 Å². The van der Waals surface area contributed by atoms with Crippen LogP contribution in [0.15, 0.2) is 29.1 Å². The fraction of sp³-hybridized carbons (Fsp3) is 0.333. The molecule has 2 heterocycles. The number of aromatic hydroxyl groups is 1. The van der Waals surface area contributed by atoms with E-state index in [0.717, 1.165) is 0 Å². The summed E-state index contributed by atoms with van der Waals surface area (Å²) in [4.78, 5) is 13.1. The summed E-state index contributed by atoms with van der Waals surface area (Å²) in [5.74, 6) is 0.349. The van der Waals surface area contributed by atoms with Crippen molar-refractivity contribution in [1.82, 2.24) is 4.57 Å². The van der Waals surface area contributed by atoms with Gasteiger partial charge in [0.05, 0.1) is 24.7 Å². The first-order chi connectivity index (χ1) is 11.3. The van der Waals surface area contributed by atoms with Crippen LogP contribution in [-0.4, -0.2) is 36.7 Å². The van der Waals surface area contributed by atoms with Crippen LogP contribution < -0.4 is 10.3 Å². The van der Waals surface area contributed by atoms with Gasteiger partial charge in [0.2, 0.25) is 0 Å². The lowest BCUT2D eigenvalue weighted by Crippen LogP contribution is -2.25. The van der Waals surface area contributed by atoms with Crippen LogP contribution in [0, 0.1) is 3.95 Å². The summed E-state index contributed by atoms with van der Waals surface area (Å²) in [6.07, 6.45) is 0.408. The number of phenolic OH excluding ortho intramolecular Hbond substituents is 1. The van der Waals surface area contributed by atoms with Gasteiger partial charge in [0.15, 0.2) is 25.3 Å². The number of hydrogen-bond acceptors (Lipinski definition) is 7. The zero-order valence-electron chi connectivity index (χ0n) is 12.8. The standard InChI is InChI=1S/C15H15NO5S3/c1-21-12-6-9(2-3-11(12)17)13-7-14(18)16(15(22)23-13)10-4-5-24(19,20)8-10/h2-3,6-7,10,17H,4-5,8H2,1H3. The van der Waals surface area contributed by atoms with Gasteiger partial charge in [-0.2, -0.15) is 0 Å². The molecule has 1 aliphatic rings. The van der Waals surface area contributed by atoms with Gasteiger partial charge in [0.1, 0.15) is 0 Å². The van der Waals surface area contributed by atoms with Crippen LogP contribution in [0.3, 0.4) is 0 Å². The molecule has 1 aromatic carbocycles. The normalized spacial score (nSPS) is 19.3. The number of rotatable bonds is 3. The number of ether oxygens (including phenoxy) is 1. The molecular weight excluding hydrogens is 370 g/mol. The fourth-order valence-electron chi connectivity index (χ4n) is 2.73. The number of sulfone groups is 1. The molecule has 24 heavy (non-hydrogen) atoms. The Labute approximate surface area is 147 Å². The summed E-state index contributed by atoms with van der Waals surface area (Å²) in [6.45, 7) is 0. The summed E-state index contributed by atoms with van der Waals surface area (Å²) in [5.41, 5.74) is 0.381. The number of aromatic nitrogens is 1. The zero-order valence-corrected chi connectivity index (χ0v) is 15.2. The number of hydrogen-bond donors (Lipinski definition) is 1. The molecule has 6 nitrogen and oxygen atoms in total. The van der Waals surface area contributed by atoms with Crippen LogP contribution in [0.5, 0.6) is 11.5 Å². The third-order valence-electron chi connectivity index (χ3n) is 3.92. The monoisotopic (exact) mass is 385 g/mol. The van der Waals surface area contributed by atoms with Gasteiger partial charge >= 0.3 is 0 Å². The molecule has 0 bridgehead atoms. The molecule has 9 heteroatoms. The lowest BCUT2D eigenvalue weighted by Gasteiger charge is -2.13. The van der Waals surface area contributed by atoms with Gasteiger partial charge in [-0.15, -0.1) is 11.3 Å². The Kier molecular flexibility index (Phi) is 4.50. The molecule has 1 unspecified atom stereocenters. The van der Waals surface area contributed by atoms with Crippen LogP contribution in [0.2, 0.25) is 0 Å². The Hall–Kier alpha value is -1.71. The lowest BCUT2D eigenvalue weighted by atomic mass is 10.1. The third kappa shape index (κ3) is 3.24. The van der Waals surface area contributed by atoms with E-state index in [1.54, 1.807) is 12.1 Å². The van der Waals surface area contributed by atoms with Crippen LogP contribution >= 0.6 is 23.6 Å². The first kappa shape index (κ1) is 17.1. The van der Waals surface area contributed by atoms with E-state index in [2.05, 4.69) is 0 Å². The average Bonchev–Trinajstić information content (AvgIpc) is 2.86. The van der Waals surface area contributed by atoms with Crippen molar-refractivity contribution in [1.29, 1.82) is 0 Å². The SMILES string of the molecule is COc1cc(-c2cc(=O)n(C3CCS(=O)(=O)C3)c(=S)s2)ccc1O. The van der Waals surface area contributed by atoms with E-state index < -0.39 is 15.9 Å². The van der Waals surface area contributed by atoms with Gasteiger partial charge in [0, 0.05) is 10.9 Å². The molecule has 0 radical (unpaired) electrons. The van der Waals surface area contributed by atoms with Gasteiger partial charge in [-0.3, -0.25) is 9.36 Å². The van der Waals surface area contributed by atoms with Crippen molar-refractivity contribution in [2.75, 3.05) is 18.6 Å². The summed E-state index contributed by atoms with van der Waals surface area (Å²) >= 11 is 6.56. The molecule has 1 aliphatic heterocycles. The topological polar surface area (TPSA) is 85.6 Å². The quantitative estimate of drug-likeness (QED) is 0.817. The second kappa shape index (κ2) is 6.30. The first-order valence-electron chi connectivity index (χ1n) is 7.15. The molecule has 2 aromatic rings. The Balaban J connectivity index is 2.05. The van der Waals surface area contributed by atoms with Crippen LogP contribution in [0.4, 0.5) is 0 Å². The van der Waals surface area contributed by atoms with Crippen molar-refractivity contribution in [3.8, 4) is 21.9 Å². The second-order valence-corrected chi connectivity index (χ2v) is 9.43. The minimum Gasteiger partial charge on any atom is -0.504 e. The van der Waals surface area contributed by atoms with Crippen LogP contribution in [0.25, 0.3) is 10.4 Å². The van der Waals surface area contributed by atoms with E-state index >= 15 is 0 Å². The van der Waals surface area contributed by atoms with Crippen molar-refractivity contribution in [3.63, 3.8) is 0 Å². The van der Waals surface area contributed by atoms with Gasteiger partial charge in [-0.1, -0.05) is 0 Å². The Morgan fingerprint density at radius 3 is 2.71 bits per heavy atom. The van der Waals surface area contributed by atoms with Gasteiger partial charge in [-0.25, -0.2) is 8.42 Å². The zero-order chi connectivity index (χ0) is 17.5. The highest BCUT2D eigenvalue weighted by Crippen LogP contribution is 2.33. The highest BCUT2D eigenvalue weighted by Gasteiger charge is 2.30. The van der Waals surface area contributed by atoms with Crippen molar-refractivity contribution >= 4 is 33.4 Å². The maximum atomic E-state index is 12.5. The number of methoxy groups -OCH3 is 1. The fourth-order valence-corrected chi connectivity index (χ4v) is 5.86. The molecule has 0 spiro atoms. The number of benzene rings is 1. The Morgan fingerprint density at radius 2 is 2.12 bits per heavy atom. The van der Waals surface area contributed by atoms with Crippen molar-refractivity contribution in [2.24, 2.45) is 0 Å². The van der Waals surface area contributed by atoms with E-state index in [0.29, 0.717) is 26.6 Å². The summed E-state index contributed by atoms with van der Waals surface area (Å²) in [5, 5.41) is 9.66. The van der Waals surface area contributed by atoms with Crippen molar-refractivity contribution in [2.45, 2.75) is 12.5 Å². The molecule has 128 valence electrons. The van der Waals surface area contributed by atoms with E-state index in [1.807, 2.05) is 0 Å². The van der Waals surface area contributed by atoms with Gasteiger partial charge in [-0.05, 0) is 42.4 Å². The molecule has 0 amide bonds. The summed E-state index contributed by atoms with van der Waals surface area (Å²) in [7, 11) is -1.66. The Morgan fingerprint density at radius 1 is 1.38 bits per heavy atom. The maximum Gasteiger partial charge on any atom is 0.253 e. The first-order valence-corrected chi connectivity index (χ1v) is 10.2. The second-order valence-electron chi connectivity index (χ2n) is 5.53. The van der Waals surface area contributed by atoms with E-state index in [1.165, 1.54) is 35.1 Å². The summed E-state index contributed by atoms with van der Waals surface area (Å²) < 4.78 is 30.1. The molecule has 0 aliphatic carbocycles. The highest BCUT2D eigenvalue weighted by molar-refractivity contribution is 7.91. The summed E-state index contributed by atoms with van der Waals surface area (Å²) in [6, 6.07) is 5.83. The smallest absolute Gasteiger partial charge is 0.253 e. The highest BCUT2D eigenvalue weighted by atomic mass is 32.2.